The normalized spacial score (nSPS) is 9.47. The van der Waals surface area contributed by atoms with E-state index in [2.05, 4.69) is 5.10 Å². The molecule has 1 aromatic heterocycles. The third-order valence-electron chi connectivity index (χ3n) is 1.51. The molecule has 0 aliphatic rings. The molecule has 4 N–H and O–H groups in total. The van der Waals surface area contributed by atoms with Crippen molar-refractivity contribution >= 4 is 16.9 Å². The molecule has 0 fully saturated rings. The van der Waals surface area contributed by atoms with Crippen LogP contribution in [-0.2, 0) is 14.1 Å². The molecule has 7 nitrogen and oxygen atoms in total. The van der Waals surface area contributed by atoms with E-state index in [1.165, 1.54) is 14.1 Å². The summed E-state index contributed by atoms with van der Waals surface area (Å²) >= 11 is 0.830. The van der Waals surface area contributed by atoms with E-state index in [1.807, 2.05) is 0 Å². The van der Waals surface area contributed by atoms with Crippen molar-refractivity contribution in [3.8, 4) is 0 Å². The fourth-order valence-electron chi connectivity index (χ4n) is 0.845. The van der Waals surface area contributed by atoms with E-state index in [0.29, 0.717) is 0 Å². The first-order chi connectivity index (χ1) is 6.43. The van der Waals surface area contributed by atoms with Crippen molar-refractivity contribution in [2.75, 3.05) is 0 Å². The highest BCUT2D eigenvalue weighted by Gasteiger charge is 2.12. The Morgan fingerprint density at radius 1 is 1.47 bits per heavy atom. The van der Waals surface area contributed by atoms with Gasteiger partial charge in [0.15, 0.2) is 5.03 Å². The van der Waals surface area contributed by atoms with E-state index >= 15 is 0 Å². The van der Waals surface area contributed by atoms with Gasteiger partial charge in [-0.05, 0) is 0 Å². The Bertz CT molecular complexity index is 493. The highest BCUT2D eigenvalue weighted by molar-refractivity contribution is 8.13. The van der Waals surface area contributed by atoms with Crippen LogP contribution in [0.25, 0.3) is 0 Å². The minimum Gasteiger partial charge on any atom is -1.00 e. The van der Waals surface area contributed by atoms with Crippen LogP contribution in [0.1, 0.15) is 0 Å². The van der Waals surface area contributed by atoms with Crippen molar-refractivity contribution in [2.45, 2.75) is 5.03 Å². The fraction of sp³-hybridized carbons (Fsp3) is 0.333. The number of nitrogens with two attached hydrogens (primary N) is 2. The molecule has 0 saturated carbocycles. The molecule has 0 unspecified atom stereocenters. The first-order valence-electron chi connectivity index (χ1n) is 3.63. The van der Waals surface area contributed by atoms with Crippen LogP contribution in [0.5, 0.6) is 0 Å². The average Bonchev–Trinajstić information content (AvgIpc) is 2.10. The summed E-state index contributed by atoms with van der Waals surface area (Å²) in [5.41, 5.74) is 4.21. The van der Waals surface area contributed by atoms with Crippen molar-refractivity contribution in [3.05, 3.63) is 20.8 Å². The van der Waals surface area contributed by atoms with Gasteiger partial charge in [-0.2, -0.15) is 5.10 Å². The minimum atomic E-state index is -0.508. The van der Waals surface area contributed by atoms with Gasteiger partial charge in [0.05, 0.1) is 0 Å². The number of nitrogens with zero attached hydrogens (tertiary/aromatic N) is 3. The summed E-state index contributed by atoms with van der Waals surface area (Å²) in [6.07, 6.45) is 0. The highest BCUT2D eigenvalue weighted by atomic mass is 79.9. The number of aryl methyl sites for hydroxylation is 1. The Morgan fingerprint density at radius 3 is 2.47 bits per heavy atom. The Balaban J connectivity index is 0.00000196. The van der Waals surface area contributed by atoms with Gasteiger partial charge in [-0.1, -0.05) is 0 Å². The second-order valence-electron chi connectivity index (χ2n) is 2.58. The number of aromatic nitrogens is 3. The maximum atomic E-state index is 11.4. The summed E-state index contributed by atoms with van der Waals surface area (Å²) in [4.78, 5) is 22.6. The predicted octanol–water partition coefficient (Wildman–Crippen LogP) is -6.35. The van der Waals surface area contributed by atoms with Crippen molar-refractivity contribution in [1.29, 1.82) is 0 Å². The van der Waals surface area contributed by atoms with Gasteiger partial charge in [0.2, 0.25) is 0 Å². The first-order valence-corrected chi connectivity index (χ1v) is 4.45. The minimum absolute atomic E-state index is 0. The van der Waals surface area contributed by atoms with Crippen LogP contribution in [0, 0.1) is 0 Å². The number of hydrogen-bond donors (Lipinski definition) is 2. The molecular formula is C6H10BrN5O2S. The quantitative estimate of drug-likeness (QED) is 0.304. The van der Waals surface area contributed by atoms with Crippen LogP contribution in [0.15, 0.2) is 14.6 Å². The van der Waals surface area contributed by atoms with Crippen molar-refractivity contribution in [3.63, 3.8) is 0 Å². The predicted molar refractivity (Wildman–Crippen MR) is 51.7 cm³/mol. The van der Waals surface area contributed by atoms with Crippen LogP contribution in [0.3, 0.4) is 0 Å². The molecule has 9 heteroatoms. The van der Waals surface area contributed by atoms with E-state index in [1.54, 1.807) is 0 Å². The Labute approximate surface area is 99.6 Å². The van der Waals surface area contributed by atoms with E-state index in [4.69, 9.17) is 11.1 Å². The molecule has 84 valence electrons. The molecule has 1 rings (SSSR count). The smallest absolute Gasteiger partial charge is 0.346 e. The summed E-state index contributed by atoms with van der Waals surface area (Å²) in [5, 5.41) is 9.03. The standard InChI is InChI=1S/C6H9N5O2S.BrH/c1-10-4(12)3(14-5(7)8)9-11(2)6(10)13;/h1-2H3,(H3,7,8);1H. The van der Waals surface area contributed by atoms with Crippen LogP contribution >= 0.6 is 11.8 Å². The van der Waals surface area contributed by atoms with Crippen molar-refractivity contribution < 1.29 is 22.4 Å². The van der Waals surface area contributed by atoms with Gasteiger partial charge in [0, 0.05) is 25.9 Å². The Kier molecular flexibility index (Phi) is 4.75. The molecule has 1 heterocycles. The lowest BCUT2D eigenvalue weighted by Gasteiger charge is -2.01. The fourth-order valence-corrected chi connectivity index (χ4v) is 1.46. The zero-order valence-electron chi connectivity index (χ0n) is 8.10. The number of halogens is 1. The molecule has 0 amide bonds. The monoisotopic (exact) mass is 295 g/mol. The third-order valence-corrected chi connectivity index (χ3v) is 2.19. The van der Waals surface area contributed by atoms with Gasteiger partial charge >= 0.3 is 10.9 Å². The summed E-state index contributed by atoms with van der Waals surface area (Å²) in [7, 11) is 2.81. The maximum absolute atomic E-state index is 11.4. The molecule has 0 bridgehead atoms. The van der Waals surface area contributed by atoms with E-state index in [9.17, 15) is 9.59 Å². The van der Waals surface area contributed by atoms with Gasteiger partial charge in [0.25, 0.3) is 5.56 Å². The zero-order valence-corrected chi connectivity index (χ0v) is 10.5. The second-order valence-corrected chi connectivity index (χ2v) is 3.64. The lowest BCUT2D eigenvalue weighted by atomic mass is 10.8. The summed E-state index contributed by atoms with van der Waals surface area (Å²) in [6, 6.07) is 0. The first kappa shape index (κ1) is 13.9. The highest BCUT2D eigenvalue weighted by Crippen LogP contribution is 2.04. The van der Waals surface area contributed by atoms with Crippen molar-refractivity contribution in [1.82, 2.24) is 14.3 Å². The lowest BCUT2D eigenvalue weighted by Crippen LogP contribution is -3.00. The average molecular weight is 296 g/mol. The van der Waals surface area contributed by atoms with Gasteiger partial charge < -0.3 is 17.0 Å². The van der Waals surface area contributed by atoms with Gasteiger partial charge in [-0.25, -0.2) is 9.48 Å². The molecule has 0 atom stereocenters. The number of rotatable bonds is 1. The van der Waals surface area contributed by atoms with Gasteiger partial charge in [-0.15, -0.1) is 0 Å². The van der Waals surface area contributed by atoms with E-state index < -0.39 is 11.2 Å². The Hall–Kier alpha value is -1.09. The molecule has 0 radical (unpaired) electrons. The van der Waals surface area contributed by atoms with Crippen molar-refractivity contribution in [2.24, 2.45) is 19.8 Å². The molecule has 0 aliphatic carbocycles. The number of hydrogen-bond acceptors (Lipinski definition) is 4. The molecule has 0 saturated heterocycles. The molecule has 0 spiro atoms. The van der Waals surface area contributed by atoms with Crippen LogP contribution < -0.4 is 39.4 Å². The van der Waals surface area contributed by atoms with Gasteiger partial charge in [0.1, 0.15) is 0 Å². The maximum Gasteiger partial charge on any atom is 0.346 e. The zero-order chi connectivity index (χ0) is 10.9. The van der Waals surface area contributed by atoms with Crippen LogP contribution in [0.4, 0.5) is 0 Å². The molecule has 15 heavy (non-hydrogen) atoms. The van der Waals surface area contributed by atoms with Crippen LogP contribution in [-0.4, -0.2) is 19.5 Å². The number of thioether (sulfide) groups is 1. The van der Waals surface area contributed by atoms with E-state index in [0.717, 1.165) is 21.0 Å². The lowest BCUT2D eigenvalue weighted by molar-refractivity contribution is -0.110. The summed E-state index contributed by atoms with van der Waals surface area (Å²) in [6.45, 7) is 0. The van der Waals surface area contributed by atoms with E-state index in [-0.39, 0.29) is 27.2 Å². The molecular weight excluding hydrogens is 286 g/mol. The Morgan fingerprint density at radius 2 is 2.00 bits per heavy atom. The van der Waals surface area contributed by atoms with Gasteiger partial charge in [-0.3, -0.25) is 20.5 Å². The SMILES string of the molecule is Cn1nc(SC(N)=[NH2+])c(=O)n(C)c1=O.[Br-]. The number of amidine groups is 1. The van der Waals surface area contributed by atoms with Crippen LogP contribution in [0.2, 0.25) is 0 Å². The molecule has 1 aromatic rings. The summed E-state index contributed by atoms with van der Waals surface area (Å²) in [5.74, 6) is 0. The largest absolute Gasteiger partial charge is 1.00 e. The molecule has 0 aliphatic heterocycles. The molecule has 0 aromatic carbocycles. The second kappa shape index (κ2) is 5.12. The third kappa shape index (κ3) is 2.93. The summed E-state index contributed by atoms with van der Waals surface area (Å²) < 4.78 is 1.99. The topological polar surface area (TPSA) is 108 Å².